The quantitative estimate of drug-likeness (QED) is 0.380. The number of imidazole rings is 1. The molecule has 2 N–H and O–H groups in total. The second kappa shape index (κ2) is 9.44. The number of carboxylic acid groups (broad SMARTS) is 1. The normalized spacial score (nSPS) is 20.1. The Morgan fingerprint density at radius 3 is 2.53 bits per heavy atom. The smallest absolute Gasteiger partial charge is 0.303 e. The predicted octanol–water partition coefficient (Wildman–Crippen LogP) is 7.62. The molecule has 2 atom stereocenters. The molecule has 0 bridgehead atoms. The van der Waals surface area contributed by atoms with E-state index < -0.39 is 5.97 Å². The van der Waals surface area contributed by atoms with E-state index in [4.69, 9.17) is 10.1 Å². The zero-order valence-corrected chi connectivity index (χ0v) is 21.5. The molecule has 1 fully saturated rings. The van der Waals surface area contributed by atoms with Crippen molar-refractivity contribution in [2.45, 2.75) is 85.6 Å². The monoisotopic (exact) mass is 461 g/mol. The second-order valence-corrected chi connectivity index (χ2v) is 11.4. The van der Waals surface area contributed by atoms with Crippen LogP contribution >= 0.6 is 0 Å². The highest BCUT2D eigenvalue weighted by atomic mass is 16.4. The van der Waals surface area contributed by atoms with Crippen molar-refractivity contribution >= 4 is 28.6 Å². The SMILES string of the molecule is Cc1cc2c(cc1CCC(=O)O)nc(Nc1ccc(C(C)C)cc1)n2[C@@H]1C[C@H](C)CC(C)(C)C1. The van der Waals surface area contributed by atoms with Gasteiger partial charge in [-0.15, -0.1) is 0 Å². The Balaban J connectivity index is 1.78. The Morgan fingerprint density at radius 2 is 1.91 bits per heavy atom. The van der Waals surface area contributed by atoms with Crippen molar-refractivity contribution in [2.75, 3.05) is 5.32 Å². The highest BCUT2D eigenvalue weighted by Crippen LogP contribution is 2.46. The average Bonchev–Trinajstić information content (AvgIpc) is 3.07. The first-order valence-corrected chi connectivity index (χ1v) is 12.6. The van der Waals surface area contributed by atoms with Gasteiger partial charge in [0.2, 0.25) is 5.95 Å². The summed E-state index contributed by atoms with van der Waals surface area (Å²) in [4.78, 5) is 16.2. The number of nitrogens with one attached hydrogen (secondary N) is 1. The van der Waals surface area contributed by atoms with E-state index in [0.717, 1.165) is 46.6 Å². The third kappa shape index (κ3) is 5.29. The highest BCUT2D eigenvalue weighted by Gasteiger charge is 2.34. The predicted molar refractivity (Wildman–Crippen MR) is 140 cm³/mol. The molecule has 34 heavy (non-hydrogen) atoms. The lowest BCUT2D eigenvalue weighted by Crippen LogP contribution is -2.29. The number of benzene rings is 2. The van der Waals surface area contributed by atoms with E-state index in [0.29, 0.717) is 24.3 Å². The van der Waals surface area contributed by atoms with Crippen LogP contribution in [0.1, 0.15) is 89.0 Å². The summed E-state index contributed by atoms with van der Waals surface area (Å²) in [5.74, 6) is 1.25. The number of anilines is 2. The Kier molecular flexibility index (Phi) is 6.75. The van der Waals surface area contributed by atoms with E-state index in [-0.39, 0.29) is 11.8 Å². The van der Waals surface area contributed by atoms with Crippen LogP contribution in [0.2, 0.25) is 0 Å². The molecular weight excluding hydrogens is 422 g/mol. The lowest BCUT2D eigenvalue weighted by Gasteiger charge is -2.40. The summed E-state index contributed by atoms with van der Waals surface area (Å²) >= 11 is 0. The van der Waals surface area contributed by atoms with Gasteiger partial charge in [-0.05, 0) is 90.8 Å². The number of carbonyl (C=O) groups is 1. The van der Waals surface area contributed by atoms with Gasteiger partial charge in [-0.3, -0.25) is 4.79 Å². The molecule has 0 radical (unpaired) electrons. The van der Waals surface area contributed by atoms with E-state index in [9.17, 15) is 4.79 Å². The van der Waals surface area contributed by atoms with Gasteiger partial charge in [0.25, 0.3) is 0 Å². The minimum Gasteiger partial charge on any atom is -0.481 e. The van der Waals surface area contributed by atoms with E-state index in [2.05, 4.69) is 87.8 Å². The van der Waals surface area contributed by atoms with Gasteiger partial charge in [0, 0.05) is 18.2 Å². The Labute approximate surface area is 203 Å². The molecule has 1 aliphatic rings. The van der Waals surface area contributed by atoms with Crippen LogP contribution in [0.4, 0.5) is 11.6 Å². The maximum atomic E-state index is 11.1. The number of aryl methyl sites for hydroxylation is 2. The number of aliphatic carboxylic acids is 1. The largest absolute Gasteiger partial charge is 0.481 e. The van der Waals surface area contributed by atoms with Crippen LogP contribution < -0.4 is 5.32 Å². The fourth-order valence-corrected chi connectivity index (χ4v) is 5.83. The summed E-state index contributed by atoms with van der Waals surface area (Å²) in [6.45, 7) is 13.6. The number of carboxylic acids is 1. The molecule has 2 aromatic carbocycles. The van der Waals surface area contributed by atoms with E-state index in [1.165, 1.54) is 12.0 Å². The minimum atomic E-state index is -0.768. The maximum absolute atomic E-state index is 11.1. The molecule has 1 aliphatic carbocycles. The van der Waals surface area contributed by atoms with E-state index in [1.807, 2.05) is 0 Å². The van der Waals surface area contributed by atoms with Crippen LogP contribution in [0.15, 0.2) is 36.4 Å². The molecule has 0 saturated heterocycles. The zero-order chi connectivity index (χ0) is 24.6. The second-order valence-electron chi connectivity index (χ2n) is 11.4. The molecule has 0 aliphatic heterocycles. The van der Waals surface area contributed by atoms with E-state index in [1.54, 1.807) is 0 Å². The van der Waals surface area contributed by atoms with Crippen LogP contribution in [0.25, 0.3) is 11.0 Å². The van der Waals surface area contributed by atoms with Crippen LogP contribution in [-0.4, -0.2) is 20.6 Å². The zero-order valence-electron chi connectivity index (χ0n) is 21.5. The summed E-state index contributed by atoms with van der Waals surface area (Å²) in [6.07, 6.45) is 4.15. The number of hydrogen-bond acceptors (Lipinski definition) is 3. The van der Waals surface area contributed by atoms with Gasteiger partial charge in [0.1, 0.15) is 0 Å². The lowest BCUT2D eigenvalue weighted by atomic mass is 9.70. The van der Waals surface area contributed by atoms with E-state index >= 15 is 0 Å². The Morgan fingerprint density at radius 1 is 1.21 bits per heavy atom. The van der Waals surface area contributed by atoms with Crippen molar-refractivity contribution in [3.63, 3.8) is 0 Å². The highest BCUT2D eigenvalue weighted by molar-refractivity contribution is 5.82. The van der Waals surface area contributed by atoms with Gasteiger partial charge < -0.3 is 15.0 Å². The minimum absolute atomic E-state index is 0.134. The van der Waals surface area contributed by atoms with Crippen LogP contribution in [0, 0.1) is 18.3 Å². The van der Waals surface area contributed by atoms with Crippen LogP contribution in [-0.2, 0) is 11.2 Å². The summed E-state index contributed by atoms with van der Waals surface area (Å²) in [5, 5.41) is 12.8. The third-order valence-corrected chi connectivity index (χ3v) is 7.32. The lowest BCUT2D eigenvalue weighted by molar-refractivity contribution is -0.136. The molecular formula is C29H39N3O2. The van der Waals surface area contributed by atoms with Gasteiger partial charge in [0.15, 0.2) is 0 Å². The molecule has 0 unspecified atom stereocenters. The van der Waals surface area contributed by atoms with Crippen molar-refractivity contribution in [3.8, 4) is 0 Å². The molecule has 4 rings (SSSR count). The number of fused-ring (bicyclic) bond motifs is 1. The first-order valence-electron chi connectivity index (χ1n) is 12.6. The van der Waals surface area contributed by atoms with Crippen molar-refractivity contribution in [2.24, 2.45) is 11.3 Å². The summed E-state index contributed by atoms with van der Waals surface area (Å²) in [5.41, 5.74) is 6.89. The number of rotatable bonds is 7. The molecule has 1 heterocycles. The molecule has 1 aromatic heterocycles. The van der Waals surface area contributed by atoms with Crippen molar-refractivity contribution in [3.05, 3.63) is 53.1 Å². The molecule has 0 amide bonds. The summed E-state index contributed by atoms with van der Waals surface area (Å²) in [6, 6.07) is 13.3. The molecule has 1 saturated carbocycles. The summed E-state index contributed by atoms with van der Waals surface area (Å²) in [7, 11) is 0. The average molecular weight is 462 g/mol. The number of nitrogens with zero attached hydrogens (tertiary/aromatic N) is 2. The molecule has 3 aromatic rings. The topological polar surface area (TPSA) is 67.2 Å². The van der Waals surface area contributed by atoms with Gasteiger partial charge >= 0.3 is 5.97 Å². The standard InChI is InChI=1S/C29H39N3O2/c1-18(2)21-7-10-23(11-8-21)30-28-31-25-15-22(9-12-27(33)34)20(4)14-26(25)32(28)24-13-19(3)16-29(5,6)17-24/h7-8,10-11,14-15,18-19,24H,9,12-13,16-17H2,1-6H3,(H,30,31)(H,33,34)/t19-,24+/m0/s1. The Hall–Kier alpha value is -2.82. The van der Waals surface area contributed by atoms with Gasteiger partial charge in [-0.25, -0.2) is 4.98 Å². The molecule has 0 spiro atoms. The molecule has 5 nitrogen and oxygen atoms in total. The van der Waals surface area contributed by atoms with Gasteiger partial charge in [-0.2, -0.15) is 0 Å². The van der Waals surface area contributed by atoms with Crippen LogP contribution in [0.5, 0.6) is 0 Å². The fraction of sp³-hybridized carbons (Fsp3) is 0.517. The van der Waals surface area contributed by atoms with Crippen molar-refractivity contribution in [1.29, 1.82) is 0 Å². The third-order valence-electron chi connectivity index (χ3n) is 7.32. The van der Waals surface area contributed by atoms with Gasteiger partial charge in [-0.1, -0.05) is 46.8 Å². The molecule has 182 valence electrons. The Bertz CT molecular complexity index is 1170. The number of aromatic nitrogens is 2. The number of hydrogen-bond donors (Lipinski definition) is 2. The van der Waals surface area contributed by atoms with Crippen LogP contribution in [0.3, 0.4) is 0 Å². The first kappa shape index (κ1) is 24.3. The summed E-state index contributed by atoms with van der Waals surface area (Å²) < 4.78 is 2.41. The van der Waals surface area contributed by atoms with Crippen molar-refractivity contribution < 1.29 is 9.90 Å². The fourth-order valence-electron chi connectivity index (χ4n) is 5.83. The van der Waals surface area contributed by atoms with Gasteiger partial charge in [0.05, 0.1) is 11.0 Å². The maximum Gasteiger partial charge on any atom is 0.303 e. The molecule has 5 heteroatoms. The van der Waals surface area contributed by atoms with Crippen molar-refractivity contribution in [1.82, 2.24) is 9.55 Å². The first-order chi connectivity index (χ1) is 16.0.